The van der Waals surface area contributed by atoms with E-state index in [1.165, 1.54) is 19.8 Å². The molecule has 0 fully saturated rings. The van der Waals surface area contributed by atoms with Crippen LogP contribution >= 0.6 is 0 Å². The molecule has 2 N–H and O–H groups in total. The van der Waals surface area contributed by atoms with Gasteiger partial charge in [-0.25, -0.2) is 0 Å². The average molecular weight is 294 g/mol. The molecule has 0 spiro atoms. The van der Waals surface area contributed by atoms with E-state index in [0.29, 0.717) is 6.42 Å². The molecule has 0 aliphatic rings. The Morgan fingerprint density at radius 3 is 1.84 bits per heavy atom. The summed E-state index contributed by atoms with van der Waals surface area (Å²) >= 11 is 0. The summed E-state index contributed by atoms with van der Waals surface area (Å²) in [7, 11) is -3.86. The summed E-state index contributed by atoms with van der Waals surface area (Å²) in [6, 6.07) is 0. The van der Waals surface area contributed by atoms with Gasteiger partial charge in [-0.15, -0.1) is 0 Å². The third-order valence-corrected chi connectivity index (χ3v) is 4.80. The molecule has 0 aromatic rings. The van der Waals surface area contributed by atoms with Crippen molar-refractivity contribution in [3.05, 3.63) is 0 Å². The predicted octanol–water partition coefficient (Wildman–Crippen LogP) is 3.54. The van der Waals surface area contributed by atoms with Gasteiger partial charge >= 0.3 is 0 Å². The Morgan fingerprint density at radius 2 is 1.37 bits per heavy atom. The lowest BCUT2D eigenvalue weighted by atomic mass is 10.0. The molecule has 0 radical (unpaired) electrons. The number of aliphatic hydroxyl groups is 1. The van der Waals surface area contributed by atoms with Gasteiger partial charge in [-0.3, -0.25) is 4.55 Å². The van der Waals surface area contributed by atoms with Crippen molar-refractivity contribution in [2.24, 2.45) is 0 Å². The van der Waals surface area contributed by atoms with Crippen LogP contribution in [0.15, 0.2) is 0 Å². The zero-order valence-electron chi connectivity index (χ0n) is 12.3. The SMILES string of the molecule is CCCCCC(O)CCCCCCC(C)S(=O)(=O)O. The fourth-order valence-electron chi connectivity index (χ4n) is 2.09. The van der Waals surface area contributed by atoms with Crippen molar-refractivity contribution in [3.8, 4) is 0 Å². The zero-order valence-corrected chi connectivity index (χ0v) is 13.2. The first-order valence-electron chi connectivity index (χ1n) is 7.52. The lowest BCUT2D eigenvalue weighted by molar-refractivity contribution is 0.147. The molecule has 0 amide bonds. The highest BCUT2D eigenvalue weighted by Gasteiger charge is 2.15. The molecule has 0 bridgehead atoms. The number of rotatable bonds is 12. The fraction of sp³-hybridized carbons (Fsp3) is 1.00. The highest BCUT2D eigenvalue weighted by Crippen LogP contribution is 2.14. The first-order chi connectivity index (χ1) is 8.88. The zero-order chi connectivity index (χ0) is 14.7. The molecule has 0 heterocycles. The largest absolute Gasteiger partial charge is 0.393 e. The van der Waals surface area contributed by atoms with Crippen LogP contribution in [0, 0.1) is 0 Å². The molecule has 0 aliphatic carbocycles. The van der Waals surface area contributed by atoms with Crippen LogP contribution in [0.1, 0.15) is 78.1 Å². The average Bonchev–Trinajstić information content (AvgIpc) is 2.32. The van der Waals surface area contributed by atoms with Crippen LogP contribution in [0.2, 0.25) is 0 Å². The van der Waals surface area contributed by atoms with E-state index in [2.05, 4.69) is 6.92 Å². The molecule has 0 aliphatic heterocycles. The Hall–Kier alpha value is -0.130. The molecular formula is C14H30O4S. The minimum atomic E-state index is -3.86. The lowest BCUT2D eigenvalue weighted by Crippen LogP contribution is -2.16. The third kappa shape index (κ3) is 11.4. The second-order valence-electron chi connectivity index (χ2n) is 5.47. The number of hydrogen-bond donors (Lipinski definition) is 2. The second-order valence-corrected chi connectivity index (χ2v) is 7.30. The topological polar surface area (TPSA) is 74.6 Å². The van der Waals surface area contributed by atoms with E-state index in [4.69, 9.17) is 4.55 Å². The second kappa shape index (κ2) is 10.6. The molecule has 116 valence electrons. The van der Waals surface area contributed by atoms with Crippen LogP contribution in [0.25, 0.3) is 0 Å². The van der Waals surface area contributed by atoms with Gasteiger partial charge in [0.05, 0.1) is 11.4 Å². The molecule has 4 nitrogen and oxygen atoms in total. The van der Waals surface area contributed by atoms with Crippen molar-refractivity contribution in [2.45, 2.75) is 89.4 Å². The number of aliphatic hydroxyl groups excluding tert-OH is 1. The van der Waals surface area contributed by atoms with E-state index >= 15 is 0 Å². The van der Waals surface area contributed by atoms with Gasteiger partial charge in [0.2, 0.25) is 0 Å². The van der Waals surface area contributed by atoms with Gasteiger partial charge in [-0.2, -0.15) is 8.42 Å². The summed E-state index contributed by atoms with van der Waals surface area (Å²) in [5.41, 5.74) is 0. The molecule has 19 heavy (non-hydrogen) atoms. The minimum Gasteiger partial charge on any atom is -0.393 e. The quantitative estimate of drug-likeness (QED) is 0.426. The van der Waals surface area contributed by atoms with Crippen molar-refractivity contribution < 1.29 is 18.1 Å². The Bertz CT molecular complexity index is 301. The predicted molar refractivity (Wildman–Crippen MR) is 78.9 cm³/mol. The summed E-state index contributed by atoms with van der Waals surface area (Å²) in [6.07, 6.45) is 9.32. The van der Waals surface area contributed by atoms with Crippen LogP contribution in [-0.2, 0) is 10.1 Å². The van der Waals surface area contributed by atoms with Gasteiger partial charge in [-0.1, -0.05) is 51.9 Å². The molecule has 2 atom stereocenters. The molecule has 0 aromatic heterocycles. The maximum atomic E-state index is 10.8. The van der Waals surface area contributed by atoms with E-state index in [1.54, 1.807) is 0 Å². The molecule has 2 unspecified atom stereocenters. The maximum absolute atomic E-state index is 10.8. The Kier molecular flexibility index (Phi) is 10.6. The first kappa shape index (κ1) is 18.9. The van der Waals surface area contributed by atoms with E-state index in [1.807, 2.05) is 0 Å². The standard InChI is InChI=1S/C14H30O4S/c1-3-4-7-11-14(15)12-9-6-5-8-10-13(2)19(16,17)18/h13-15H,3-12H2,1-2H3,(H,16,17,18). The Labute approximate surface area is 118 Å². The minimum absolute atomic E-state index is 0.178. The normalized spacial score (nSPS) is 15.4. The molecule has 0 saturated carbocycles. The van der Waals surface area contributed by atoms with E-state index in [0.717, 1.165) is 44.9 Å². The Morgan fingerprint density at radius 1 is 0.895 bits per heavy atom. The van der Waals surface area contributed by atoms with Gasteiger partial charge in [0, 0.05) is 0 Å². The van der Waals surface area contributed by atoms with Crippen molar-refractivity contribution in [1.29, 1.82) is 0 Å². The van der Waals surface area contributed by atoms with Gasteiger partial charge in [0.15, 0.2) is 0 Å². The van der Waals surface area contributed by atoms with Crippen molar-refractivity contribution >= 4 is 10.1 Å². The molecule has 0 rings (SSSR count). The van der Waals surface area contributed by atoms with E-state index in [-0.39, 0.29) is 6.10 Å². The van der Waals surface area contributed by atoms with Crippen molar-refractivity contribution in [3.63, 3.8) is 0 Å². The summed E-state index contributed by atoms with van der Waals surface area (Å²) in [6.45, 7) is 3.69. The highest BCUT2D eigenvalue weighted by molar-refractivity contribution is 7.86. The van der Waals surface area contributed by atoms with Gasteiger partial charge < -0.3 is 5.11 Å². The number of hydrogen-bond acceptors (Lipinski definition) is 3. The molecule has 5 heteroatoms. The maximum Gasteiger partial charge on any atom is 0.267 e. The molecule has 0 aromatic carbocycles. The van der Waals surface area contributed by atoms with E-state index in [9.17, 15) is 13.5 Å². The summed E-state index contributed by atoms with van der Waals surface area (Å²) in [5.74, 6) is 0. The lowest BCUT2D eigenvalue weighted by Gasteiger charge is -2.10. The van der Waals surface area contributed by atoms with Crippen LogP contribution in [0.5, 0.6) is 0 Å². The third-order valence-electron chi connectivity index (χ3n) is 3.55. The first-order valence-corrected chi connectivity index (χ1v) is 9.02. The van der Waals surface area contributed by atoms with Gasteiger partial charge in [0.1, 0.15) is 0 Å². The van der Waals surface area contributed by atoms with Crippen LogP contribution in [0.4, 0.5) is 0 Å². The summed E-state index contributed by atoms with van der Waals surface area (Å²) < 4.78 is 30.4. The smallest absolute Gasteiger partial charge is 0.267 e. The van der Waals surface area contributed by atoms with Gasteiger partial charge in [0.25, 0.3) is 10.1 Å². The van der Waals surface area contributed by atoms with Crippen molar-refractivity contribution in [1.82, 2.24) is 0 Å². The number of unbranched alkanes of at least 4 members (excludes halogenated alkanes) is 5. The Balaban J connectivity index is 3.40. The van der Waals surface area contributed by atoms with Crippen LogP contribution in [0.3, 0.4) is 0 Å². The van der Waals surface area contributed by atoms with Crippen molar-refractivity contribution in [2.75, 3.05) is 0 Å². The molecule has 0 saturated heterocycles. The van der Waals surface area contributed by atoms with Crippen LogP contribution in [-0.4, -0.2) is 29.4 Å². The molecular weight excluding hydrogens is 264 g/mol. The van der Waals surface area contributed by atoms with E-state index < -0.39 is 15.4 Å². The summed E-state index contributed by atoms with van der Waals surface area (Å²) in [4.78, 5) is 0. The van der Waals surface area contributed by atoms with Crippen LogP contribution < -0.4 is 0 Å². The monoisotopic (exact) mass is 294 g/mol. The fourth-order valence-corrected chi connectivity index (χ4v) is 2.55. The van der Waals surface area contributed by atoms with Gasteiger partial charge in [-0.05, 0) is 26.2 Å². The summed E-state index contributed by atoms with van der Waals surface area (Å²) in [5, 5.41) is 9.05. The highest BCUT2D eigenvalue weighted by atomic mass is 32.2.